The van der Waals surface area contributed by atoms with Crippen LogP contribution in [0.3, 0.4) is 0 Å². The summed E-state index contributed by atoms with van der Waals surface area (Å²) in [4.78, 5) is 15.0. The highest BCUT2D eigenvalue weighted by atomic mass is 35.5. The van der Waals surface area contributed by atoms with Gasteiger partial charge in [-0.15, -0.1) is 0 Å². The Balaban J connectivity index is 1.96. The molecule has 0 bridgehead atoms. The van der Waals surface area contributed by atoms with Gasteiger partial charge in [0.1, 0.15) is 11.3 Å². The lowest BCUT2D eigenvalue weighted by atomic mass is 9.74. The molecule has 0 spiro atoms. The fourth-order valence-electron chi connectivity index (χ4n) is 3.71. The number of thiocarbonyl (C=S) groups is 1. The summed E-state index contributed by atoms with van der Waals surface area (Å²) in [6.07, 6.45) is 3.06. The van der Waals surface area contributed by atoms with Crippen molar-refractivity contribution in [1.29, 1.82) is 0 Å². The molecule has 2 aromatic carbocycles. The summed E-state index contributed by atoms with van der Waals surface area (Å²) < 4.78 is 5.27. The number of hydrogen-bond donors (Lipinski definition) is 1. The summed E-state index contributed by atoms with van der Waals surface area (Å²) in [5, 5.41) is 4.29. The van der Waals surface area contributed by atoms with Gasteiger partial charge < -0.3 is 15.0 Å². The van der Waals surface area contributed by atoms with Gasteiger partial charge >= 0.3 is 0 Å². The van der Waals surface area contributed by atoms with Crippen molar-refractivity contribution < 1.29 is 9.53 Å². The Kier molecular flexibility index (Phi) is 6.02. The van der Waals surface area contributed by atoms with Crippen molar-refractivity contribution in [2.24, 2.45) is 0 Å². The molecule has 1 fully saturated rings. The van der Waals surface area contributed by atoms with E-state index in [4.69, 9.17) is 28.6 Å². The van der Waals surface area contributed by atoms with Gasteiger partial charge in [0.25, 0.3) is 0 Å². The predicted molar refractivity (Wildman–Crippen MR) is 114 cm³/mol. The van der Waals surface area contributed by atoms with Crippen LogP contribution in [-0.4, -0.2) is 30.0 Å². The topological polar surface area (TPSA) is 41.6 Å². The smallest absolute Gasteiger partial charge is 0.174 e. The van der Waals surface area contributed by atoms with Crippen LogP contribution >= 0.6 is 23.8 Å². The Bertz CT molecular complexity index is 858. The zero-order valence-corrected chi connectivity index (χ0v) is 17.1. The van der Waals surface area contributed by atoms with Gasteiger partial charge in [-0.1, -0.05) is 35.9 Å². The van der Waals surface area contributed by atoms with Gasteiger partial charge in [-0.25, -0.2) is 0 Å². The molecule has 0 radical (unpaired) electrons. The van der Waals surface area contributed by atoms with Crippen LogP contribution in [0, 0.1) is 0 Å². The van der Waals surface area contributed by atoms with Crippen molar-refractivity contribution in [2.45, 2.75) is 31.2 Å². The highest BCUT2D eigenvalue weighted by Gasteiger charge is 2.47. The molecule has 3 rings (SSSR count). The van der Waals surface area contributed by atoms with Gasteiger partial charge in [-0.2, -0.15) is 0 Å². The van der Waals surface area contributed by atoms with Crippen LogP contribution in [-0.2, 0) is 10.3 Å². The van der Waals surface area contributed by atoms with Crippen LogP contribution < -0.4 is 10.1 Å². The largest absolute Gasteiger partial charge is 0.497 e. The van der Waals surface area contributed by atoms with E-state index in [-0.39, 0.29) is 5.78 Å². The number of nitrogens with zero attached hydrogens (tertiary/aromatic N) is 1. The zero-order valence-electron chi connectivity index (χ0n) is 15.5. The molecular formula is C21H23ClN2O2S. The molecule has 0 saturated heterocycles. The van der Waals surface area contributed by atoms with Crippen LogP contribution in [0.15, 0.2) is 48.5 Å². The quantitative estimate of drug-likeness (QED) is 0.727. The SMILES string of the molecule is COc1cccc(NC(=S)N(C)[C@@]2(c3ccccc3Cl)CCCCC2=O)c1. The number of benzene rings is 2. The van der Waals surface area contributed by atoms with Gasteiger partial charge in [0.05, 0.1) is 7.11 Å². The molecule has 0 amide bonds. The van der Waals surface area contributed by atoms with Crippen LogP contribution in [0.1, 0.15) is 31.2 Å². The molecule has 142 valence electrons. The van der Waals surface area contributed by atoms with Gasteiger partial charge in [0.2, 0.25) is 0 Å². The molecule has 1 saturated carbocycles. The van der Waals surface area contributed by atoms with Gasteiger partial charge in [0, 0.05) is 35.8 Å². The Morgan fingerprint density at radius 1 is 1.22 bits per heavy atom. The first kappa shape index (κ1) is 19.6. The first-order valence-electron chi connectivity index (χ1n) is 8.96. The monoisotopic (exact) mass is 402 g/mol. The molecule has 1 aliphatic carbocycles. The molecule has 0 aliphatic heterocycles. The van der Waals surface area contributed by atoms with Crippen molar-refractivity contribution in [2.75, 3.05) is 19.5 Å². The number of anilines is 1. The van der Waals surface area contributed by atoms with E-state index in [0.717, 1.165) is 29.8 Å². The molecule has 1 atom stereocenters. The van der Waals surface area contributed by atoms with Crippen LogP contribution in [0.5, 0.6) is 5.75 Å². The Morgan fingerprint density at radius 2 is 2.00 bits per heavy atom. The number of ether oxygens (including phenoxy) is 1. The number of nitrogens with one attached hydrogen (secondary N) is 1. The van der Waals surface area contributed by atoms with E-state index in [1.807, 2.05) is 60.5 Å². The molecule has 27 heavy (non-hydrogen) atoms. The minimum absolute atomic E-state index is 0.152. The van der Waals surface area contributed by atoms with Crippen LogP contribution in [0.25, 0.3) is 0 Å². The average Bonchev–Trinajstić information content (AvgIpc) is 2.68. The number of ketones is 1. The third-order valence-corrected chi connectivity index (χ3v) is 5.88. The Labute approximate surface area is 170 Å². The Hall–Kier alpha value is -2.11. The van der Waals surface area contributed by atoms with Gasteiger partial charge in [0.15, 0.2) is 10.9 Å². The minimum atomic E-state index is -0.848. The molecule has 6 heteroatoms. The summed E-state index contributed by atoms with van der Waals surface area (Å²) in [6, 6.07) is 15.1. The van der Waals surface area contributed by atoms with Crippen molar-refractivity contribution in [3.8, 4) is 5.75 Å². The first-order valence-corrected chi connectivity index (χ1v) is 9.75. The molecule has 0 heterocycles. The number of carbonyl (C=O) groups excluding carboxylic acids is 1. The predicted octanol–water partition coefficient (Wildman–Crippen LogP) is 5.02. The summed E-state index contributed by atoms with van der Waals surface area (Å²) in [5.41, 5.74) is 0.775. The molecule has 1 N–H and O–H groups in total. The van der Waals surface area contributed by atoms with E-state index >= 15 is 0 Å². The maximum Gasteiger partial charge on any atom is 0.174 e. The number of halogens is 1. The third-order valence-electron chi connectivity index (χ3n) is 5.17. The molecule has 0 unspecified atom stereocenters. The van der Waals surface area contributed by atoms with E-state index in [9.17, 15) is 4.79 Å². The fraction of sp³-hybridized carbons (Fsp3) is 0.333. The lowest BCUT2D eigenvalue weighted by Crippen LogP contribution is -2.55. The second kappa shape index (κ2) is 8.28. The fourth-order valence-corrected chi connectivity index (χ4v) is 4.28. The number of carbonyl (C=O) groups is 1. The lowest BCUT2D eigenvalue weighted by Gasteiger charge is -2.45. The number of likely N-dealkylation sites (N-methyl/N-ethyl adjacent to an activating group) is 1. The van der Waals surface area contributed by atoms with Gasteiger partial charge in [-0.3, -0.25) is 4.79 Å². The summed E-state index contributed by atoms with van der Waals surface area (Å²) >= 11 is 12.2. The maximum absolute atomic E-state index is 13.2. The zero-order chi connectivity index (χ0) is 19.4. The number of methoxy groups -OCH3 is 1. The highest BCUT2D eigenvalue weighted by Crippen LogP contribution is 2.42. The maximum atomic E-state index is 13.2. The first-order chi connectivity index (χ1) is 13.0. The second-order valence-electron chi connectivity index (χ2n) is 6.69. The number of hydrogen-bond acceptors (Lipinski definition) is 3. The van der Waals surface area contributed by atoms with Crippen molar-refractivity contribution in [3.63, 3.8) is 0 Å². The van der Waals surface area contributed by atoms with Crippen LogP contribution in [0.2, 0.25) is 5.02 Å². The molecule has 0 aromatic heterocycles. The highest BCUT2D eigenvalue weighted by molar-refractivity contribution is 7.80. The third kappa shape index (κ3) is 3.80. The van der Waals surface area contributed by atoms with Gasteiger partial charge in [-0.05, 0) is 49.7 Å². The Morgan fingerprint density at radius 3 is 2.70 bits per heavy atom. The van der Waals surface area contributed by atoms with Crippen molar-refractivity contribution in [1.82, 2.24) is 4.90 Å². The molecular weight excluding hydrogens is 380 g/mol. The minimum Gasteiger partial charge on any atom is -0.497 e. The van der Waals surface area contributed by atoms with E-state index in [0.29, 0.717) is 23.0 Å². The van der Waals surface area contributed by atoms with Crippen LogP contribution in [0.4, 0.5) is 5.69 Å². The second-order valence-corrected chi connectivity index (χ2v) is 7.49. The lowest BCUT2D eigenvalue weighted by molar-refractivity contribution is -0.131. The van der Waals surface area contributed by atoms with Crippen molar-refractivity contribution >= 4 is 40.4 Å². The standard InChI is InChI=1S/C21H23ClN2O2S/c1-24(20(27)23-15-8-7-9-16(14-15)26-2)21(13-6-5-12-19(21)25)17-10-3-4-11-18(17)22/h3-4,7-11,14H,5-6,12-13H2,1-2H3,(H,23,27)/t21-/m1/s1. The van der Waals surface area contributed by atoms with E-state index in [1.165, 1.54) is 0 Å². The summed E-state index contributed by atoms with van der Waals surface area (Å²) in [5.74, 6) is 0.888. The van der Waals surface area contributed by atoms with Crippen molar-refractivity contribution in [3.05, 3.63) is 59.1 Å². The van der Waals surface area contributed by atoms with E-state index in [2.05, 4.69) is 5.32 Å². The molecule has 1 aliphatic rings. The van der Waals surface area contributed by atoms with E-state index in [1.54, 1.807) is 7.11 Å². The number of Topliss-reactive ketones (excluding diaryl/α,β-unsaturated/α-hetero) is 1. The normalized spacial score (nSPS) is 19.4. The molecule has 2 aromatic rings. The average molecular weight is 403 g/mol. The summed E-state index contributed by atoms with van der Waals surface area (Å²) in [6.45, 7) is 0. The summed E-state index contributed by atoms with van der Waals surface area (Å²) in [7, 11) is 3.48. The molecule has 4 nitrogen and oxygen atoms in total. The number of rotatable bonds is 4. The van der Waals surface area contributed by atoms with E-state index < -0.39 is 5.54 Å².